The Morgan fingerprint density at radius 2 is 1.78 bits per heavy atom. The lowest BCUT2D eigenvalue weighted by atomic mass is 9.87. The molecule has 2 rings (SSSR count). The van der Waals surface area contributed by atoms with E-state index in [2.05, 4.69) is 25.1 Å². The molecule has 0 unspecified atom stereocenters. The average Bonchev–Trinajstić information content (AvgIpc) is 2.34. The molecule has 0 amide bonds. The van der Waals surface area contributed by atoms with Gasteiger partial charge in [0.25, 0.3) is 0 Å². The summed E-state index contributed by atoms with van der Waals surface area (Å²) in [5.74, 6) is 0.552. The maximum absolute atomic E-state index is 5.96. The third-order valence-corrected chi connectivity index (χ3v) is 3.49. The third-order valence-electron chi connectivity index (χ3n) is 3.49. The lowest BCUT2D eigenvalue weighted by Gasteiger charge is -2.26. The number of hydrogen-bond acceptors (Lipinski definition) is 4. The fourth-order valence-corrected chi connectivity index (χ4v) is 2.56. The SMILES string of the molecule is CN(C)Cc1cc(N)c(N)cc1C1CCOCC1. The Morgan fingerprint density at radius 3 is 2.39 bits per heavy atom. The maximum atomic E-state index is 5.96. The Morgan fingerprint density at radius 1 is 1.17 bits per heavy atom. The van der Waals surface area contributed by atoms with Crippen molar-refractivity contribution in [2.75, 3.05) is 38.8 Å². The van der Waals surface area contributed by atoms with E-state index in [9.17, 15) is 0 Å². The first kappa shape index (κ1) is 13.2. The summed E-state index contributed by atoms with van der Waals surface area (Å²) in [6, 6.07) is 4.09. The molecule has 0 spiro atoms. The van der Waals surface area contributed by atoms with Gasteiger partial charge in [0, 0.05) is 19.8 Å². The Hall–Kier alpha value is -1.26. The second kappa shape index (κ2) is 5.59. The van der Waals surface area contributed by atoms with Crippen LogP contribution in [0.4, 0.5) is 11.4 Å². The van der Waals surface area contributed by atoms with Gasteiger partial charge in [-0.2, -0.15) is 0 Å². The first-order valence-corrected chi connectivity index (χ1v) is 6.48. The van der Waals surface area contributed by atoms with Gasteiger partial charge in [-0.15, -0.1) is 0 Å². The monoisotopic (exact) mass is 249 g/mol. The minimum atomic E-state index is 0.552. The predicted molar refractivity (Wildman–Crippen MR) is 75.5 cm³/mol. The molecular weight excluding hydrogens is 226 g/mol. The number of benzene rings is 1. The van der Waals surface area contributed by atoms with Crippen LogP contribution < -0.4 is 11.5 Å². The first-order chi connectivity index (χ1) is 8.58. The fourth-order valence-electron chi connectivity index (χ4n) is 2.56. The van der Waals surface area contributed by atoms with Crippen molar-refractivity contribution in [2.45, 2.75) is 25.3 Å². The summed E-state index contributed by atoms with van der Waals surface area (Å²) in [5.41, 5.74) is 15.9. The number of anilines is 2. The largest absolute Gasteiger partial charge is 0.397 e. The van der Waals surface area contributed by atoms with Crippen molar-refractivity contribution in [1.82, 2.24) is 4.90 Å². The summed E-state index contributed by atoms with van der Waals surface area (Å²) in [4.78, 5) is 2.16. The van der Waals surface area contributed by atoms with Crippen LogP contribution in [0.15, 0.2) is 12.1 Å². The topological polar surface area (TPSA) is 64.5 Å². The lowest BCUT2D eigenvalue weighted by Crippen LogP contribution is -2.19. The molecule has 1 saturated heterocycles. The van der Waals surface area contributed by atoms with Crippen LogP contribution in [-0.2, 0) is 11.3 Å². The van der Waals surface area contributed by atoms with Crippen molar-refractivity contribution >= 4 is 11.4 Å². The summed E-state index contributed by atoms with van der Waals surface area (Å²) in [6.45, 7) is 2.59. The van der Waals surface area contributed by atoms with Gasteiger partial charge in [-0.25, -0.2) is 0 Å². The van der Waals surface area contributed by atoms with E-state index in [1.54, 1.807) is 0 Å². The Bertz CT molecular complexity index is 412. The van der Waals surface area contributed by atoms with E-state index in [-0.39, 0.29) is 0 Å². The van der Waals surface area contributed by atoms with Crippen LogP contribution >= 0.6 is 0 Å². The van der Waals surface area contributed by atoms with Gasteiger partial charge in [-0.05, 0) is 56.1 Å². The van der Waals surface area contributed by atoms with E-state index in [4.69, 9.17) is 16.2 Å². The summed E-state index contributed by atoms with van der Waals surface area (Å²) in [7, 11) is 4.14. The molecule has 1 aromatic rings. The van der Waals surface area contributed by atoms with Crippen LogP contribution in [0.25, 0.3) is 0 Å². The standard InChI is InChI=1S/C14H23N3O/c1-17(2)9-11-7-13(15)14(16)8-12(11)10-3-5-18-6-4-10/h7-8,10H,3-6,9,15-16H2,1-2H3. The molecule has 1 heterocycles. The molecule has 0 radical (unpaired) electrons. The van der Waals surface area contributed by atoms with Crippen molar-refractivity contribution in [2.24, 2.45) is 0 Å². The second-order valence-corrected chi connectivity index (χ2v) is 5.30. The van der Waals surface area contributed by atoms with Gasteiger partial charge in [0.1, 0.15) is 0 Å². The molecule has 0 saturated carbocycles. The number of nitrogens with zero attached hydrogens (tertiary/aromatic N) is 1. The number of hydrogen-bond donors (Lipinski definition) is 2. The highest BCUT2D eigenvalue weighted by Gasteiger charge is 2.20. The zero-order valence-electron chi connectivity index (χ0n) is 11.3. The normalized spacial score (nSPS) is 17.3. The first-order valence-electron chi connectivity index (χ1n) is 6.48. The van der Waals surface area contributed by atoms with E-state index in [0.29, 0.717) is 17.3 Å². The van der Waals surface area contributed by atoms with Crippen molar-refractivity contribution < 1.29 is 4.74 Å². The quantitative estimate of drug-likeness (QED) is 0.802. The van der Waals surface area contributed by atoms with Gasteiger partial charge >= 0.3 is 0 Å². The molecule has 0 bridgehead atoms. The lowest BCUT2D eigenvalue weighted by molar-refractivity contribution is 0.0850. The summed E-state index contributed by atoms with van der Waals surface area (Å²) in [6.07, 6.45) is 2.15. The highest BCUT2D eigenvalue weighted by molar-refractivity contribution is 5.66. The van der Waals surface area contributed by atoms with Gasteiger partial charge in [0.15, 0.2) is 0 Å². The van der Waals surface area contributed by atoms with Gasteiger partial charge in [-0.3, -0.25) is 0 Å². The second-order valence-electron chi connectivity index (χ2n) is 5.30. The maximum Gasteiger partial charge on any atom is 0.0551 e. The molecule has 1 aliphatic heterocycles. The molecule has 4 nitrogen and oxygen atoms in total. The van der Waals surface area contributed by atoms with Crippen molar-refractivity contribution in [3.63, 3.8) is 0 Å². The van der Waals surface area contributed by atoms with Gasteiger partial charge < -0.3 is 21.1 Å². The van der Waals surface area contributed by atoms with E-state index in [1.807, 2.05) is 6.07 Å². The van der Waals surface area contributed by atoms with Crippen LogP contribution in [-0.4, -0.2) is 32.2 Å². The number of nitrogen functional groups attached to an aromatic ring is 2. The zero-order valence-corrected chi connectivity index (χ0v) is 11.3. The molecule has 0 atom stereocenters. The van der Waals surface area contributed by atoms with Crippen LogP contribution in [0.2, 0.25) is 0 Å². The highest BCUT2D eigenvalue weighted by atomic mass is 16.5. The Labute approximate surface area is 109 Å². The minimum Gasteiger partial charge on any atom is -0.397 e. The summed E-state index contributed by atoms with van der Waals surface area (Å²) >= 11 is 0. The van der Waals surface area contributed by atoms with E-state index < -0.39 is 0 Å². The zero-order chi connectivity index (χ0) is 13.1. The number of rotatable bonds is 3. The minimum absolute atomic E-state index is 0.552. The van der Waals surface area contributed by atoms with Gasteiger partial charge in [-0.1, -0.05) is 0 Å². The molecular formula is C14H23N3O. The molecule has 100 valence electrons. The molecule has 4 N–H and O–H groups in total. The van der Waals surface area contributed by atoms with E-state index in [1.165, 1.54) is 11.1 Å². The molecule has 18 heavy (non-hydrogen) atoms. The Kier molecular flexibility index (Phi) is 4.09. The van der Waals surface area contributed by atoms with Gasteiger partial charge in [0.2, 0.25) is 0 Å². The molecule has 1 aromatic carbocycles. The summed E-state index contributed by atoms with van der Waals surface area (Å²) < 4.78 is 5.43. The van der Waals surface area contributed by atoms with Crippen molar-refractivity contribution in [1.29, 1.82) is 0 Å². The van der Waals surface area contributed by atoms with E-state index in [0.717, 1.165) is 32.6 Å². The van der Waals surface area contributed by atoms with E-state index >= 15 is 0 Å². The Balaban J connectivity index is 2.32. The van der Waals surface area contributed by atoms with Crippen molar-refractivity contribution in [3.8, 4) is 0 Å². The summed E-state index contributed by atoms with van der Waals surface area (Å²) in [5, 5.41) is 0. The smallest absolute Gasteiger partial charge is 0.0551 e. The van der Waals surface area contributed by atoms with Gasteiger partial charge in [0.05, 0.1) is 11.4 Å². The molecule has 0 aromatic heterocycles. The van der Waals surface area contributed by atoms with Crippen LogP contribution in [0.3, 0.4) is 0 Å². The molecule has 4 heteroatoms. The van der Waals surface area contributed by atoms with Crippen LogP contribution in [0, 0.1) is 0 Å². The van der Waals surface area contributed by atoms with Crippen molar-refractivity contribution in [3.05, 3.63) is 23.3 Å². The third kappa shape index (κ3) is 2.94. The number of ether oxygens (including phenoxy) is 1. The highest BCUT2D eigenvalue weighted by Crippen LogP contribution is 2.33. The number of nitrogens with two attached hydrogens (primary N) is 2. The molecule has 1 aliphatic rings. The molecule has 1 fully saturated rings. The fraction of sp³-hybridized carbons (Fsp3) is 0.571. The average molecular weight is 249 g/mol. The predicted octanol–water partition coefficient (Wildman–Crippen LogP) is 1.81. The van der Waals surface area contributed by atoms with Crippen LogP contribution in [0.5, 0.6) is 0 Å². The molecule has 0 aliphatic carbocycles. The van der Waals surface area contributed by atoms with Crippen LogP contribution in [0.1, 0.15) is 29.9 Å².